The quantitative estimate of drug-likeness (QED) is 0.540. The van der Waals surface area contributed by atoms with Gasteiger partial charge in [0.1, 0.15) is 11.8 Å². The lowest BCUT2D eigenvalue weighted by Gasteiger charge is -2.27. The van der Waals surface area contributed by atoms with E-state index in [0.29, 0.717) is 24.3 Å². The van der Waals surface area contributed by atoms with Crippen molar-refractivity contribution in [2.75, 3.05) is 6.54 Å². The number of aromatic carboxylic acids is 1. The number of carboxylic acids is 1. The summed E-state index contributed by atoms with van der Waals surface area (Å²) in [6.45, 7) is 6.25. The number of hydrogen-bond donors (Lipinski definition) is 2. The maximum Gasteiger partial charge on any atom is 0.470 e. The Morgan fingerprint density at radius 2 is 1.94 bits per heavy atom. The first kappa shape index (κ1) is 24.8. The van der Waals surface area contributed by atoms with Crippen LogP contribution in [0.3, 0.4) is 0 Å². The van der Waals surface area contributed by atoms with Crippen molar-refractivity contribution in [3.63, 3.8) is 0 Å². The molecule has 12 heteroatoms. The predicted octanol–water partition coefficient (Wildman–Crippen LogP) is 2.06. The molecule has 1 aromatic carbocycles. The minimum Gasteiger partial charge on any atom is -0.478 e. The average Bonchev–Trinajstić information content (AvgIpc) is 2.91. The number of hydroxylamine groups is 2. The van der Waals surface area contributed by atoms with Crippen LogP contribution < -0.4 is 9.92 Å². The van der Waals surface area contributed by atoms with E-state index in [1.807, 2.05) is 20.8 Å². The Balaban J connectivity index is 1.79. The molecule has 0 unspecified atom stereocenters. The van der Waals surface area contributed by atoms with Gasteiger partial charge >= 0.3 is 22.4 Å². The number of benzene rings is 1. The average molecular weight is 484 g/mol. The largest absolute Gasteiger partial charge is 0.478 e. The number of nitrogens with zero attached hydrogens (tertiary/aromatic N) is 2. The summed E-state index contributed by atoms with van der Waals surface area (Å²) < 4.78 is 35.4. The van der Waals surface area contributed by atoms with Crippen LogP contribution in [0.25, 0.3) is 0 Å². The van der Waals surface area contributed by atoms with E-state index in [2.05, 4.69) is 0 Å². The molecule has 2 aliphatic heterocycles. The lowest BCUT2D eigenvalue weighted by Crippen LogP contribution is -2.47. The topological polar surface area (TPSA) is 157 Å². The molecule has 1 aromatic rings. The Kier molecular flexibility index (Phi) is 6.89. The predicted molar refractivity (Wildman–Crippen MR) is 116 cm³/mol. The minimum absolute atomic E-state index is 0.0143. The lowest BCUT2D eigenvalue weighted by molar-refractivity contribution is -0.122. The zero-order chi connectivity index (χ0) is 24.6. The molecule has 2 bridgehead atoms. The van der Waals surface area contributed by atoms with E-state index in [9.17, 15) is 27.9 Å². The Morgan fingerprint density at radius 1 is 1.24 bits per heavy atom. The van der Waals surface area contributed by atoms with Crippen LogP contribution in [0.1, 0.15) is 62.4 Å². The molecule has 33 heavy (non-hydrogen) atoms. The zero-order valence-corrected chi connectivity index (χ0v) is 19.6. The minimum atomic E-state index is -4.78. The maximum atomic E-state index is 12.7. The van der Waals surface area contributed by atoms with Gasteiger partial charge in [-0.05, 0) is 49.7 Å². The van der Waals surface area contributed by atoms with Crippen molar-refractivity contribution < 1.29 is 36.4 Å². The third-order valence-corrected chi connectivity index (χ3v) is 6.46. The van der Waals surface area contributed by atoms with E-state index >= 15 is 0 Å². The fraction of sp³-hybridized carbons (Fsp3) is 0.571. The van der Waals surface area contributed by atoms with E-state index < -0.39 is 40.4 Å². The first-order chi connectivity index (χ1) is 15.3. The number of fused-ring (bicyclic) bond motifs is 2. The summed E-state index contributed by atoms with van der Waals surface area (Å²) in [5, 5.41) is 10.2. The molecule has 0 saturated carbocycles. The smallest absolute Gasteiger partial charge is 0.470 e. The van der Waals surface area contributed by atoms with Crippen LogP contribution in [0, 0.1) is 5.41 Å². The molecule has 3 N–H and O–H groups in total. The Bertz CT molecular complexity index is 1050. The Hall–Kier alpha value is -2.86. The Labute approximate surface area is 192 Å². The lowest BCUT2D eigenvalue weighted by atomic mass is 9.88. The molecule has 0 spiro atoms. The van der Waals surface area contributed by atoms with Crippen LogP contribution in [0.15, 0.2) is 18.2 Å². The van der Waals surface area contributed by atoms with Crippen molar-refractivity contribution in [3.8, 4) is 5.75 Å². The normalized spacial score (nSPS) is 20.8. The number of carbonyl (C=O) groups excluding carboxylic acids is 2. The molecule has 0 aliphatic carbocycles. The van der Waals surface area contributed by atoms with Crippen molar-refractivity contribution in [3.05, 3.63) is 29.3 Å². The summed E-state index contributed by atoms with van der Waals surface area (Å²) in [7, 11) is -4.78. The molecule has 2 heterocycles. The number of rotatable bonds is 9. The van der Waals surface area contributed by atoms with Gasteiger partial charge in [0.05, 0.1) is 11.6 Å². The van der Waals surface area contributed by atoms with Crippen LogP contribution >= 0.6 is 0 Å². The van der Waals surface area contributed by atoms with Gasteiger partial charge in [-0.15, -0.1) is 4.28 Å². The molecule has 3 rings (SSSR count). The molecule has 2 atom stereocenters. The van der Waals surface area contributed by atoms with Crippen molar-refractivity contribution in [1.29, 1.82) is 0 Å². The standard InChI is InChI=1S/C21H29N3O8S/c1-21(2,3)11-5-7-14-15(19(26)27)6-4-8-17(14)31-33(29,30)32-24-13-9-10-16(18(22)25)23(12-13)20(24)28/h4,6,8,13,16H,5,7,9-12H2,1-3H3,(H2,22,25)(H,26,27)/t13-,16+/m1/s1. The first-order valence-corrected chi connectivity index (χ1v) is 12.0. The van der Waals surface area contributed by atoms with E-state index in [1.165, 1.54) is 23.1 Å². The number of amides is 3. The maximum absolute atomic E-state index is 12.7. The third kappa shape index (κ3) is 5.74. The summed E-state index contributed by atoms with van der Waals surface area (Å²) in [6, 6.07) is 1.89. The van der Waals surface area contributed by atoms with E-state index in [-0.39, 0.29) is 35.3 Å². The summed E-state index contributed by atoms with van der Waals surface area (Å²) >= 11 is 0. The fourth-order valence-corrected chi connectivity index (χ4v) is 4.94. The highest BCUT2D eigenvalue weighted by molar-refractivity contribution is 7.82. The SMILES string of the molecule is CC(C)(C)CCCc1c(OS(=O)(=O)ON2C(=O)N3C[C@H]2CC[C@H]3C(N)=O)cccc1C(=O)O. The zero-order valence-electron chi connectivity index (χ0n) is 18.8. The van der Waals surface area contributed by atoms with Gasteiger partial charge in [-0.1, -0.05) is 26.8 Å². The van der Waals surface area contributed by atoms with E-state index in [0.717, 1.165) is 6.42 Å². The van der Waals surface area contributed by atoms with Crippen LogP contribution in [0.4, 0.5) is 4.79 Å². The van der Waals surface area contributed by atoms with Gasteiger partial charge in [0.2, 0.25) is 5.91 Å². The number of urea groups is 1. The van der Waals surface area contributed by atoms with E-state index in [4.69, 9.17) is 14.2 Å². The van der Waals surface area contributed by atoms with Crippen LogP contribution in [-0.2, 0) is 25.9 Å². The molecule has 11 nitrogen and oxygen atoms in total. The number of piperidine rings is 1. The van der Waals surface area contributed by atoms with Gasteiger partial charge in [0.25, 0.3) is 0 Å². The monoisotopic (exact) mass is 483 g/mol. The molecule has 3 amide bonds. The molecule has 2 fully saturated rings. The summed E-state index contributed by atoms with van der Waals surface area (Å²) in [5.41, 5.74) is 5.50. The van der Waals surface area contributed by atoms with Crippen LogP contribution in [-0.4, -0.2) is 60.0 Å². The fourth-order valence-electron chi connectivity index (χ4n) is 4.15. The molecule has 0 aromatic heterocycles. The molecular weight excluding hydrogens is 454 g/mol. The van der Waals surface area contributed by atoms with Gasteiger partial charge in [-0.2, -0.15) is 13.5 Å². The van der Waals surface area contributed by atoms with Crippen molar-refractivity contribution in [2.45, 2.75) is 65.0 Å². The highest BCUT2D eigenvalue weighted by Gasteiger charge is 2.49. The highest BCUT2D eigenvalue weighted by Crippen LogP contribution is 2.32. The molecule has 2 aliphatic rings. The highest BCUT2D eigenvalue weighted by atomic mass is 32.3. The summed E-state index contributed by atoms with van der Waals surface area (Å²) in [4.78, 5) is 37.0. The van der Waals surface area contributed by atoms with Crippen LogP contribution in [0.2, 0.25) is 0 Å². The van der Waals surface area contributed by atoms with Gasteiger partial charge in [0, 0.05) is 12.1 Å². The van der Waals surface area contributed by atoms with Crippen LogP contribution in [0.5, 0.6) is 5.75 Å². The van der Waals surface area contributed by atoms with Crippen molar-refractivity contribution in [1.82, 2.24) is 9.96 Å². The first-order valence-electron chi connectivity index (χ1n) is 10.7. The van der Waals surface area contributed by atoms with Gasteiger partial charge in [0.15, 0.2) is 0 Å². The number of carboxylic acid groups (broad SMARTS) is 1. The number of primary amides is 1. The molecule has 182 valence electrons. The molecular formula is C21H29N3O8S. The second-order valence-corrected chi connectivity index (χ2v) is 10.6. The Morgan fingerprint density at radius 3 is 2.55 bits per heavy atom. The second-order valence-electron chi connectivity index (χ2n) is 9.48. The van der Waals surface area contributed by atoms with Gasteiger partial charge in [-0.3, -0.25) is 4.79 Å². The number of hydrogen-bond acceptors (Lipinski definition) is 7. The van der Waals surface area contributed by atoms with Gasteiger partial charge in [-0.25, -0.2) is 9.59 Å². The number of carbonyl (C=O) groups is 3. The van der Waals surface area contributed by atoms with Crippen molar-refractivity contribution in [2.24, 2.45) is 11.1 Å². The number of nitrogens with two attached hydrogens (primary N) is 1. The second kappa shape index (κ2) is 9.18. The summed E-state index contributed by atoms with van der Waals surface area (Å²) in [5.74, 6) is -2.06. The third-order valence-electron chi connectivity index (χ3n) is 5.73. The molecule has 2 saturated heterocycles. The summed E-state index contributed by atoms with van der Waals surface area (Å²) in [6.07, 6.45) is 2.30. The molecule has 0 radical (unpaired) electrons. The van der Waals surface area contributed by atoms with E-state index in [1.54, 1.807) is 0 Å². The van der Waals surface area contributed by atoms with Crippen molar-refractivity contribution >= 4 is 28.3 Å². The van der Waals surface area contributed by atoms with Gasteiger partial charge < -0.3 is 19.9 Å².